The Labute approximate surface area is 468 Å². The van der Waals surface area contributed by atoms with E-state index in [0.717, 1.165) is 6.07 Å². The molecular formula is C50H38BaCl2N6O12S2. The fourth-order valence-electron chi connectivity index (χ4n) is 7.10. The van der Waals surface area contributed by atoms with Gasteiger partial charge in [-0.2, -0.15) is 32.2 Å². The van der Waals surface area contributed by atoms with Gasteiger partial charge in [-0.15, -0.1) is 5.11 Å². The predicted octanol–water partition coefficient (Wildman–Crippen LogP) is 11.0. The standard InChI is InChI=1S/2C25H20ClN3O6S.Ba/c2*1-14-11-22(36(32,33)34)18(26)13-20(14)28-29-23-16-8-4-3-7-15(16)12-17(24(23)30)25(31)27-19-9-5-6-10-21(19)35-2;/h2*3-13,30H,1-2H3,(H,27,31)(H,32,33,34);/q;;+2/p-2. The van der Waals surface area contributed by atoms with Crippen LogP contribution in [0.1, 0.15) is 27.0 Å². The third-order valence-electron chi connectivity index (χ3n) is 10.7. The van der Waals surface area contributed by atoms with Crippen molar-refractivity contribution in [3.05, 3.63) is 166 Å². The second-order valence-corrected chi connectivity index (χ2v) is 19.0. The number of carbonyl (C=O) groups excluding carboxylic acids is 1. The number of amides is 1. The van der Waals surface area contributed by atoms with E-state index in [0.29, 0.717) is 49.9 Å². The first-order chi connectivity index (χ1) is 34.2. The number of hydrogen-bond donors (Lipinski definition) is 4. The van der Waals surface area contributed by atoms with Crippen LogP contribution in [0.2, 0.25) is 10.0 Å². The molecule has 0 radical (unpaired) electrons. The molecule has 73 heavy (non-hydrogen) atoms. The van der Waals surface area contributed by atoms with Gasteiger partial charge in [-0.3, -0.25) is 18.9 Å². The summed E-state index contributed by atoms with van der Waals surface area (Å²) in [6, 6.07) is 35.1. The van der Waals surface area contributed by atoms with Crippen molar-refractivity contribution in [2.24, 2.45) is 25.4 Å². The monoisotopic (exact) mass is 1190 g/mol. The van der Waals surface area contributed by atoms with Crippen LogP contribution in [0.15, 0.2) is 169 Å². The van der Waals surface area contributed by atoms with Gasteiger partial charge < -0.3 is 30.1 Å². The number of aryl methyl sites for hydroxylation is 2. The van der Waals surface area contributed by atoms with E-state index in [9.17, 15) is 46.1 Å². The van der Waals surface area contributed by atoms with Crippen LogP contribution >= 0.6 is 23.2 Å². The zero-order valence-electron chi connectivity index (χ0n) is 38.7. The number of anilines is 1. The molecule has 0 unspecified atom stereocenters. The van der Waals surface area contributed by atoms with Crippen LogP contribution in [0, 0.1) is 13.8 Å². The number of benzene rings is 8. The second-order valence-electron chi connectivity index (χ2n) is 15.4. The minimum Gasteiger partial charge on any atom is -0.871 e. The maximum atomic E-state index is 13.3. The number of carbonyl (C=O) groups is 1. The molecule has 23 heteroatoms. The van der Waals surface area contributed by atoms with Gasteiger partial charge in [-0.25, -0.2) is 0 Å². The Morgan fingerprint density at radius 2 is 1.05 bits per heavy atom. The molecule has 0 saturated carbocycles. The van der Waals surface area contributed by atoms with Gasteiger partial charge in [-0.05, 0) is 108 Å². The average molecular weight is 1190 g/mol. The summed E-state index contributed by atoms with van der Waals surface area (Å²) < 4.78 is 75.1. The Morgan fingerprint density at radius 3 is 1.59 bits per heavy atom. The Morgan fingerprint density at radius 1 is 0.603 bits per heavy atom. The molecule has 0 aromatic heterocycles. The minimum absolute atomic E-state index is 0. The average Bonchev–Trinajstić information content (AvgIpc) is 3.34. The number of azo groups is 2. The molecule has 0 atom stereocenters. The van der Waals surface area contributed by atoms with E-state index in [-0.39, 0.29) is 98.5 Å². The smallest absolute Gasteiger partial charge is 0.871 e. The summed E-state index contributed by atoms with van der Waals surface area (Å²) in [5.74, 6) is -1.62. The van der Waals surface area contributed by atoms with Crippen molar-refractivity contribution in [1.82, 2.24) is 0 Å². The molecule has 0 saturated heterocycles. The summed E-state index contributed by atoms with van der Waals surface area (Å²) in [6.45, 7) is 3.11. The molecule has 0 aliphatic heterocycles. The van der Waals surface area contributed by atoms with Crippen molar-refractivity contribution in [1.29, 1.82) is 0 Å². The Bertz CT molecular complexity index is 3790. The van der Waals surface area contributed by atoms with Gasteiger partial charge in [0, 0.05) is 10.8 Å². The van der Waals surface area contributed by atoms with Crippen molar-refractivity contribution in [3.63, 3.8) is 0 Å². The number of para-hydroxylation sites is 4. The van der Waals surface area contributed by atoms with Crippen molar-refractivity contribution in [2.75, 3.05) is 19.5 Å². The van der Waals surface area contributed by atoms with E-state index in [1.54, 1.807) is 111 Å². The summed E-state index contributed by atoms with van der Waals surface area (Å²) >= 11 is 12.0. The van der Waals surface area contributed by atoms with Crippen molar-refractivity contribution in [3.8, 4) is 23.0 Å². The number of rotatable bonds is 12. The third kappa shape index (κ3) is 12.9. The van der Waals surface area contributed by atoms with Crippen molar-refractivity contribution < 1.29 is 55.5 Å². The van der Waals surface area contributed by atoms with Crippen LogP contribution < -0.4 is 25.0 Å². The number of nitrogens with one attached hydrogen (secondary N) is 1. The quantitative estimate of drug-likeness (QED) is 0.0292. The maximum absolute atomic E-state index is 13.3. The fraction of sp³-hybridized carbons (Fsp3) is 0.0800. The summed E-state index contributed by atoms with van der Waals surface area (Å²) in [7, 11) is -6.12. The van der Waals surface area contributed by atoms with E-state index < -0.39 is 53.3 Å². The first-order valence-corrected chi connectivity index (χ1v) is 24.5. The SMILES string of the molecule is COc1ccccc1N=C([O-])c1cc2ccccc2c(N=Nc2cc(Cl)c(S(=O)(=O)O)cc2C)c1[O-].COc1ccccc1NC(=O)c1cc2ccccc2c(N=Nc2cc(Cl)c(S(=O)(=O)O)cc2C)c1O.[Ba+2]. The fourth-order valence-corrected chi connectivity index (χ4v) is 9.26. The van der Waals surface area contributed by atoms with Crippen molar-refractivity contribution >= 4 is 160 Å². The van der Waals surface area contributed by atoms with E-state index in [1.807, 2.05) is 0 Å². The molecular weight excluding hydrogens is 1150 g/mol. The molecule has 8 rings (SSSR count). The van der Waals surface area contributed by atoms with Crippen LogP contribution in [0.25, 0.3) is 21.5 Å². The Balaban J connectivity index is 0.000000235. The molecule has 4 N–H and O–H groups in total. The zero-order valence-corrected chi connectivity index (χ0v) is 46.3. The van der Waals surface area contributed by atoms with Crippen LogP contribution in [0.3, 0.4) is 0 Å². The van der Waals surface area contributed by atoms with E-state index >= 15 is 0 Å². The number of aromatic hydroxyl groups is 1. The van der Waals surface area contributed by atoms with E-state index in [1.165, 1.54) is 44.6 Å². The topological polar surface area (TPSA) is 284 Å². The van der Waals surface area contributed by atoms with E-state index in [4.69, 9.17) is 32.7 Å². The molecule has 368 valence electrons. The molecule has 8 aromatic rings. The molecule has 0 aliphatic rings. The molecule has 0 bridgehead atoms. The summed E-state index contributed by atoms with van der Waals surface area (Å²) in [4.78, 5) is 16.2. The molecule has 8 aromatic carbocycles. The summed E-state index contributed by atoms with van der Waals surface area (Å²) in [6.07, 6.45) is 0. The summed E-state index contributed by atoms with van der Waals surface area (Å²) in [5.41, 5.74) is 1.47. The first kappa shape index (κ1) is 55.9. The normalized spacial score (nSPS) is 11.9. The Hall–Kier alpha value is -6.41. The van der Waals surface area contributed by atoms with Gasteiger partial charge in [-0.1, -0.05) is 102 Å². The summed E-state index contributed by atoms with van der Waals surface area (Å²) in [5, 5.41) is 58.3. The molecule has 18 nitrogen and oxygen atoms in total. The predicted molar refractivity (Wildman–Crippen MR) is 275 cm³/mol. The molecule has 1 amide bonds. The number of nitrogens with zero attached hydrogens (tertiary/aromatic N) is 5. The number of hydrogen-bond acceptors (Lipinski definition) is 15. The van der Waals surface area contributed by atoms with Crippen LogP contribution in [-0.4, -0.2) is 106 Å². The van der Waals surface area contributed by atoms with Crippen LogP contribution in [0.4, 0.5) is 34.1 Å². The van der Waals surface area contributed by atoms with Gasteiger partial charge in [0.25, 0.3) is 26.1 Å². The number of halogens is 2. The van der Waals surface area contributed by atoms with Gasteiger partial charge in [0.1, 0.15) is 32.7 Å². The minimum atomic E-state index is -4.53. The van der Waals surface area contributed by atoms with E-state index in [2.05, 4.69) is 30.8 Å². The third-order valence-corrected chi connectivity index (χ3v) is 13.3. The number of methoxy groups -OCH3 is 2. The Kier molecular flexibility index (Phi) is 18.1. The maximum Gasteiger partial charge on any atom is 2.00 e. The van der Waals surface area contributed by atoms with Gasteiger partial charge in [0.05, 0.1) is 52.6 Å². The second kappa shape index (κ2) is 23.6. The molecule has 0 spiro atoms. The largest absolute Gasteiger partial charge is 2.00 e. The zero-order chi connectivity index (χ0) is 52.1. The number of phenols is 1. The number of ether oxygens (including phenoxy) is 2. The van der Waals surface area contributed by atoms with Crippen LogP contribution in [-0.2, 0) is 20.2 Å². The molecule has 0 heterocycles. The van der Waals surface area contributed by atoms with Crippen LogP contribution in [0.5, 0.6) is 23.0 Å². The first-order valence-electron chi connectivity index (χ1n) is 20.9. The molecule has 0 fully saturated rings. The number of aliphatic imine (C=N–C) groups is 1. The van der Waals surface area contributed by atoms with Crippen molar-refractivity contribution in [2.45, 2.75) is 23.6 Å². The van der Waals surface area contributed by atoms with Gasteiger partial charge in [0.15, 0.2) is 5.75 Å². The number of phenolic OH excluding ortho intramolecular Hbond substituents is 1. The molecule has 0 aliphatic carbocycles. The van der Waals surface area contributed by atoms with Gasteiger partial charge in [0.2, 0.25) is 0 Å². The number of fused-ring (bicyclic) bond motifs is 2. The van der Waals surface area contributed by atoms with Gasteiger partial charge >= 0.3 is 48.9 Å².